The van der Waals surface area contributed by atoms with E-state index in [1.807, 2.05) is 11.9 Å². The average molecular weight is 238 g/mol. The Balaban J connectivity index is 2.81. The molecule has 0 aromatic heterocycles. The van der Waals surface area contributed by atoms with E-state index < -0.39 is 5.97 Å². The summed E-state index contributed by atoms with van der Waals surface area (Å²) in [5, 5.41) is 18.0. The fraction of sp³-hybridized carbons (Fsp3) is 0.417. The first-order chi connectivity index (χ1) is 7.91. The molecule has 0 aliphatic heterocycles. The van der Waals surface area contributed by atoms with Crippen molar-refractivity contribution < 1.29 is 15.0 Å². The van der Waals surface area contributed by atoms with Gasteiger partial charge in [-0.25, -0.2) is 4.79 Å². The number of benzene rings is 1. The molecule has 0 amide bonds. The van der Waals surface area contributed by atoms with Crippen LogP contribution in [0.2, 0.25) is 0 Å². The van der Waals surface area contributed by atoms with Gasteiger partial charge in [-0.3, -0.25) is 0 Å². The third-order valence-corrected chi connectivity index (χ3v) is 2.57. The second kappa shape index (κ2) is 5.54. The summed E-state index contributed by atoms with van der Waals surface area (Å²) in [5.74, 6) is -0.991. The minimum atomic E-state index is -0.991. The van der Waals surface area contributed by atoms with Gasteiger partial charge in [-0.15, -0.1) is 0 Å². The molecule has 1 rings (SSSR count). The molecule has 5 heteroatoms. The summed E-state index contributed by atoms with van der Waals surface area (Å²) >= 11 is 0. The third kappa shape index (κ3) is 3.64. The maximum Gasteiger partial charge on any atom is 0.335 e. The summed E-state index contributed by atoms with van der Waals surface area (Å²) in [7, 11) is 1.86. The van der Waals surface area contributed by atoms with Gasteiger partial charge in [0.05, 0.1) is 23.0 Å². The van der Waals surface area contributed by atoms with E-state index in [1.165, 1.54) is 12.1 Å². The van der Waals surface area contributed by atoms with E-state index in [-0.39, 0.29) is 11.7 Å². The second-order valence-corrected chi connectivity index (χ2v) is 4.14. The van der Waals surface area contributed by atoms with Crippen LogP contribution in [0.1, 0.15) is 23.7 Å². The van der Waals surface area contributed by atoms with Crippen LogP contribution in [0.5, 0.6) is 0 Å². The third-order valence-electron chi connectivity index (χ3n) is 2.57. The summed E-state index contributed by atoms with van der Waals surface area (Å²) in [5.41, 5.74) is 7.18. The predicted octanol–water partition coefficient (Wildman–Crippen LogP) is 1.17. The molecule has 0 aliphatic rings. The number of nitrogens with two attached hydrogens (primary N) is 1. The summed E-state index contributed by atoms with van der Waals surface area (Å²) in [6, 6.07) is 4.64. The maximum absolute atomic E-state index is 10.7. The van der Waals surface area contributed by atoms with Gasteiger partial charge in [0.1, 0.15) is 0 Å². The number of rotatable bonds is 5. The summed E-state index contributed by atoms with van der Waals surface area (Å²) in [6.07, 6.45) is 0.272. The summed E-state index contributed by atoms with van der Waals surface area (Å²) in [4.78, 5) is 12.6. The first-order valence-electron chi connectivity index (χ1n) is 5.44. The van der Waals surface area contributed by atoms with Gasteiger partial charge in [0.2, 0.25) is 0 Å². The highest BCUT2D eigenvalue weighted by atomic mass is 16.4. The molecule has 0 bridgehead atoms. The van der Waals surface area contributed by atoms with E-state index >= 15 is 0 Å². The van der Waals surface area contributed by atoms with E-state index in [0.29, 0.717) is 18.7 Å². The number of hydrogen-bond acceptors (Lipinski definition) is 4. The van der Waals surface area contributed by atoms with Crippen LogP contribution in [0.25, 0.3) is 0 Å². The number of anilines is 2. The summed E-state index contributed by atoms with van der Waals surface area (Å²) < 4.78 is 0. The molecule has 0 radical (unpaired) electrons. The normalized spacial score (nSPS) is 12.2. The van der Waals surface area contributed by atoms with E-state index in [9.17, 15) is 9.90 Å². The molecule has 1 atom stereocenters. The Kier molecular flexibility index (Phi) is 4.34. The zero-order valence-corrected chi connectivity index (χ0v) is 10.1. The minimum Gasteiger partial charge on any atom is -0.478 e. The smallest absolute Gasteiger partial charge is 0.335 e. The molecule has 5 nitrogen and oxygen atoms in total. The van der Waals surface area contributed by atoms with Crippen LogP contribution in [0.4, 0.5) is 11.4 Å². The quantitative estimate of drug-likeness (QED) is 0.670. The van der Waals surface area contributed by atoms with E-state index in [4.69, 9.17) is 10.8 Å². The van der Waals surface area contributed by atoms with Crippen molar-refractivity contribution in [2.45, 2.75) is 19.4 Å². The lowest BCUT2D eigenvalue weighted by Crippen LogP contribution is -2.22. The maximum atomic E-state index is 10.7. The van der Waals surface area contributed by atoms with Gasteiger partial charge in [-0.05, 0) is 31.5 Å². The first-order valence-corrected chi connectivity index (χ1v) is 5.44. The lowest BCUT2D eigenvalue weighted by molar-refractivity contribution is 0.0697. The molecule has 17 heavy (non-hydrogen) atoms. The Morgan fingerprint density at radius 2 is 2.18 bits per heavy atom. The van der Waals surface area contributed by atoms with Crippen LogP contribution in [0.15, 0.2) is 18.2 Å². The lowest BCUT2D eigenvalue weighted by Gasteiger charge is -2.22. The van der Waals surface area contributed by atoms with Crippen LogP contribution in [0.3, 0.4) is 0 Å². The Morgan fingerprint density at radius 3 is 2.65 bits per heavy atom. The fourth-order valence-electron chi connectivity index (χ4n) is 1.54. The molecule has 1 aromatic rings. The van der Waals surface area contributed by atoms with Crippen molar-refractivity contribution in [3.05, 3.63) is 23.8 Å². The first kappa shape index (κ1) is 13.3. The van der Waals surface area contributed by atoms with Crippen LogP contribution in [-0.4, -0.2) is 35.9 Å². The van der Waals surface area contributed by atoms with Crippen LogP contribution >= 0.6 is 0 Å². The SMILES string of the molecule is CC(O)CCN(C)c1ccc(C(=O)O)cc1N. The molecule has 0 saturated heterocycles. The van der Waals surface area contributed by atoms with E-state index in [0.717, 1.165) is 5.69 Å². The Labute approximate surface area is 100 Å². The van der Waals surface area contributed by atoms with Crippen LogP contribution in [0, 0.1) is 0 Å². The molecule has 4 N–H and O–H groups in total. The van der Waals surface area contributed by atoms with Crippen LogP contribution in [-0.2, 0) is 0 Å². The van der Waals surface area contributed by atoms with Gasteiger partial charge in [0.15, 0.2) is 0 Å². The van der Waals surface area contributed by atoms with Gasteiger partial charge in [0.25, 0.3) is 0 Å². The fourth-order valence-corrected chi connectivity index (χ4v) is 1.54. The zero-order chi connectivity index (χ0) is 13.0. The monoisotopic (exact) mass is 238 g/mol. The largest absolute Gasteiger partial charge is 0.478 e. The molecule has 1 unspecified atom stereocenters. The lowest BCUT2D eigenvalue weighted by atomic mass is 10.1. The number of aliphatic hydroxyl groups is 1. The summed E-state index contributed by atoms with van der Waals surface area (Å²) in [6.45, 7) is 2.39. The number of aromatic carboxylic acids is 1. The predicted molar refractivity (Wildman–Crippen MR) is 67.4 cm³/mol. The highest BCUT2D eigenvalue weighted by Crippen LogP contribution is 2.23. The van der Waals surface area contributed by atoms with Crippen molar-refractivity contribution in [1.29, 1.82) is 0 Å². The number of hydrogen-bond donors (Lipinski definition) is 3. The van der Waals surface area contributed by atoms with E-state index in [2.05, 4.69) is 0 Å². The second-order valence-electron chi connectivity index (χ2n) is 4.14. The van der Waals surface area contributed by atoms with Gasteiger partial charge in [0, 0.05) is 13.6 Å². The standard InChI is InChI=1S/C12H18N2O3/c1-8(15)5-6-14(2)11-4-3-9(12(16)17)7-10(11)13/h3-4,7-8,15H,5-6,13H2,1-2H3,(H,16,17). The van der Waals surface area contributed by atoms with Crippen LogP contribution < -0.4 is 10.6 Å². The Hall–Kier alpha value is -1.75. The van der Waals surface area contributed by atoms with Gasteiger partial charge < -0.3 is 20.8 Å². The Bertz CT molecular complexity index is 405. The molecule has 0 fully saturated rings. The molecule has 1 aromatic carbocycles. The molecular formula is C12H18N2O3. The van der Waals surface area contributed by atoms with Crippen molar-refractivity contribution >= 4 is 17.3 Å². The molecule has 0 spiro atoms. The molecule has 0 aliphatic carbocycles. The van der Waals surface area contributed by atoms with Crippen molar-refractivity contribution in [3.8, 4) is 0 Å². The highest BCUT2D eigenvalue weighted by Gasteiger charge is 2.10. The topological polar surface area (TPSA) is 86.8 Å². The molecule has 0 saturated carbocycles. The van der Waals surface area contributed by atoms with Crippen molar-refractivity contribution in [2.75, 3.05) is 24.2 Å². The molecule has 94 valence electrons. The number of nitrogen functional groups attached to an aromatic ring is 1. The highest BCUT2D eigenvalue weighted by molar-refractivity contribution is 5.90. The van der Waals surface area contributed by atoms with Crippen molar-refractivity contribution in [1.82, 2.24) is 0 Å². The minimum absolute atomic E-state index is 0.176. The molecule has 0 heterocycles. The number of carboxylic acid groups (broad SMARTS) is 1. The van der Waals surface area contributed by atoms with Crippen molar-refractivity contribution in [2.24, 2.45) is 0 Å². The van der Waals surface area contributed by atoms with E-state index in [1.54, 1.807) is 13.0 Å². The van der Waals surface area contributed by atoms with Crippen molar-refractivity contribution in [3.63, 3.8) is 0 Å². The van der Waals surface area contributed by atoms with Gasteiger partial charge in [-0.2, -0.15) is 0 Å². The number of carbonyl (C=O) groups is 1. The Morgan fingerprint density at radius 1 is 1.53 bits per heavy atom. The number of carboxylic acids is 1. The number of aliphatic hydroxyl groups excluding tert-OH is 1. The zero-order valence-electron chi connectivity index (χ0n) is 10.1. The van der Waals surface area contributed by atoms with Gasteiger partial charge >= 0.3 is 5.97 Å². The number of nitrogens with zero attached hydrogens (tertiary/aromatic N) is 1. The van der Waals surface area contributed by atoms with Gasteiger partial charge in [-0.1, -0.05) is 0 Å². The average Bonchev–Trinajstić information content (AvgIpc) is 2.25. The molecular weight excluding hydrogens is 220 g/mol.